The van der Waals surface area contributed by atoms with Gasteiger partial charge >= 0.3 is 6.01 Å². The predicted octanol–water partition coefficient (Wildman–Crippen LogP) is 0.443. The molecule has 1 aromatic heterocycles. The maximum atomic E-state index is 5.52. The van der Waals surface area contributed by atoms with E-state index in [2.05, 4.69) is 20.3 Å². The van der Waals surface area contributed by atoms with Crippen LogP contribution in [0.2, 0.25) is 0 Å². The first kappa shape index (κ1) is 11.8. The van der Waals surface area contributed by atoms with Crippen molar-refractivity contribution in [3.05, 3.63) is 0 Å². The zero-order valence-corrected chi connectivity index (χ0v) is 9.85. The highest BCUT2D eigenvalue weighted by Gasteiger charge is 2.14. The Kier molecular flexibility index (Phi) is 3.92. The molecule has 2 rings (SSSR count). The lowest BCUT2D eigenvalue weighted by Gasteiger charge is -2.10. The molecule has 1 unspecified atom stereocenters. The van der Waals surface area contributed by atoms with Crippen molar-refractivity contribution >= 4 is 11.9 Å². The second-order valence-corrected chi connectivity index (χ2v) is 3.85. The second-order valence-electron chi connectivity index (χ2n) is 3.85. The Morgan fingerprint density at radius 2 is 2.35 bits per heavy atom. The fourth-order valence-corrected chi connectivity index (χ4v) is 1.76. The largest absolute Gasteiger partial charge is 0.467 e. The van der Waals surface area contributed by atoms with Crippen molar-refractivity contribution in [1.29, 1.82) is 0 Å². The molecule has 0 amide bonds. The topological polar surface area (TPSA) is 95.2 Å². The van der Waals surface area contributed by atoms with E-state index in [4.69, 9.17) is 15.2 Å². The van der Waals surface area contributed by atoms with E-state index >= 15 is 0 Å². The molecule has 0 aliphatic carbocycles. The van der Waals surface area contributed by atoms with Gasteiger partial charge in [-0.15, -0.1) is 0 Å². The van der Waals surface area contributed by atoms with Crippen molar-refractivity contribution in [2.24, 2.45) is 0 Å². The van der Waals surface area contributed by atoms with Gasteiger partial charge in [-0.25, -0.2) is 0 Å². The number of nitrogen functional groups attached to an aromatic ring is 1. The Morgan fingerprint density at radius 3 is 3.06 bits per heavy atom. The standard InChI is InChI=1S/C10H17N5O2/c1-16-10-14-8(11)13-9(15-10)12-5-4-7-3-2-6-17-7/h7H,2-6H2,1H3,(H3,11,12,13,14,15). The molecule has 1 atom stereocenters. The molecule has 0 spiro atoms. The summed E-state index contributed by atoms with van der Waals surface area (Å²) in [5, 5.41) is 3.08. The molecule has 7 heteroatoms. The van der Waals surface area contributed by atoms with E-state index in [1.165, 1.54) is 7.11 Å². The SMILES string of the molecule is COc1nc(N)nc(NCCC2CCCO2)n1. The second kappa shape index (κ2) is 5.62. The van der Waals surface area contributed by atoms with E-state index in [0.717, 1.165) is 32.4 Å². The average Bonchev–Trinajstić information content (AvgIpc) is 2.81. The molecule has 1 aliphatic heterocycles. The van der Waals surface area contributed by atoms with Crippen molar-refractivity contribution in [3.63, 3.8) is 0 Å². The summed E-state index contributed by atoms with van der Waals surface area (Å²) in [4.78, 5) is 11.8. The summed E-state index contributed by atoms with van der Waals surface area (Å²) in [7, 11) is 1.49. The van der Waals surface area contributed by atoms with Crippen molar-refractivity contribution in [1.82, 2.24) is 15.0 Å². The van der Waals surface area contributed by atoms with Crippen molar-refractivity contribution in [3.8, 4) is 6.01 Å². The lowest BCUT2D eigenvalue weighted by molar-refractivity contribution is 0.107. The maximum Gasteiger partial charge on any atom is 0.322 e. The normalized spacial score (nSPS) is 19.2. The third kappa shape index (κ3) is 3.42. The molecular weight excluding hydrogens is 222 g/mol. The lowest BCUT2D eigenvalue weighted by atomic mass is 10.2. The molecule has 94 valence electrons. The fraction of sp³-hybridized carbons (Fsp3) is 0.700. The monoisotopic (exact) mass is 239 g/mol. The van der Waals surface area contributed by atoms with Crippen LogP contribution in [0.1, 0.15) is 19.3 Å². The van der Waals surface area contributed by atoms with Gasteiger partial charge in [-0.2, -0.15) is 15.0 Å². The minimum Gasteiger partial charge on any atom is -0.467 e. The minimum absolute atomic E-state index is 0.150. The van der Waals surface area contributed by atoms with Crippen molar-refractivity contribution in [2.75, 3.05) is 31.3 Å². The molecule has 0 bridgehead atoms. The molecule has 7 nitrogen and oxygen atoms in total. The third-order valence-corrected chi connectivity index (χ3v) is 2.59. The van der Waals surface area contributed by atoms with Gasteiger partial charge in [-0.3, -0.25) is 0 Å². The fourth-order valence-electron chi connectivity index (χ4n) is 1.76. The molecule has 0 aromatic carbocycles. The molecule has 1 fully saturated rings. The Morgan fingerprint density at radius 1 is 1.47 bits per heavy atom. The van der Waals surface area contributed by atoms with Crippen LogP contribution in [-0.4, -0.2) is 41.3 Å². The van der Waals surface area contributed by atoms with Crippen LogP contribution in [0.25, 0.3) is 0 Å². The van der Waals surface area contributed by atoms with Crippen LogP contribution in [0.5, 0.6) is 6.01 Å². The Bertz CT molecular complexity index is 368. The molecular formula is C10H17N5O2. The number of anilines is 2. The van der Waals surface area contributed by atoms with Gasteiger partial charge in [-0.1, -0.05) is 0 Å². The van der Waals surface area contributed by atoms with Gasteiger partial charge in [-0.05, 0) is 19.3 Å². The van der Waals surface area contributed by atoms with Crippen LogP contribution in [0.4, 0.5) is 11.9 Å². The molecule has 1 aromatic rings. The van der Waals surface area contributed by atoms with Crippen molar-refractivity contribution < 1.29 is 9.47 Å². The van der Waals surface area contributed by atoms with Gasteiger partial charge in [0.2, 0.25) is 11.9 Å². The van der Waals surface area contributed by atoms with Crippen molar-refractivity contribution in [2.45, 2.75) is 25.4 Å². The van der Waals surface area contributed by atoms with Gasteiger partial charge in [0.15, 0.2) is 0 Å². The number of hydrogen-bond acceptors (Lipinski definition) is 7. The number of nitrogens with two attached hydrogens (primary N) is 1. The summed E-state index contributed by atoms with van der Waals surface area (Å²) in [6, 6.07) is 0.220. The first-order valence-electron chi connectivity index (χ1n) is 5.69. The third-order valence-electron chi connectivity index (χ3n) is 2.59. The van der Waals surface area contributed by atoms with Crippen LogP contribution in [0.15, 0.2) is 0 Å². The summed E-state index contributed by atoms with van der Waals surface area (Å²) in [5.74, 6) is 0.587. The first-order chi connectivity index (χ1) is 8.28. The molecule has 2 heterocycles. The van der Waals surface area contributed by atoms with E-state index in [0.29, 0.717) is 12.1 Å². The highest BCUT2D eigenvalue weighted by Crippen LogP contribution is 2.15. The summed E-state index contributed by atoms with van der Waals surface area (Å²) in [6.07, 6.45) is 3.57. The average molecular weight is 239 g/mol. The van der Waals surface area contributed by atoms with E-state index in [-0.39, 0.29) is 12.0 Å². The van der Waals surface area contributed by atoms with E-state index in [1.54, 1.807) is 0 Å². The molecule has 17 heavy (non-hydrogen) atoms. The molecule has 3 N–H and O–H groups in total. The van der Waals surface area contributed by atoms with E-state index in [1.807, 2.05) is 0 Å². The Hall–Kier alpha value is -1.63. The predicted molar refractivity (Wildman–Crippen MR) is 62.9 cm³/mol. The van der Waals surface area contributed by atoms with Gasteiger partial charge < -0.3 is 20.5 Å². The number of rotatable bonds is 5. The van der Waals surface area contributed by atoms with Crippen LogP contribution in [0.3, 0.4) is 0 Å². The number of nitrogens with zero attached hydrogens (tertiary/aromatic N) is 3. The number of hydrogen-bond donors (Lipinski definition) is 2. The van der Waals surface area contributed by atoms with Crippen LogP contribution < -0.4 is 15.8 Å². The highest BCUT2D eigenvalue weighted by molar-refractivity contribution is 5.32. The summed E-state index contributed by atoms with van der Waals surface area (Å²) in [5.41, 5.74) is 5.52. The van der Waals surface area contributed by atoms with Gasteiger partial charge in [0.1, 0.15) is 0 Å². The zero-order valence-electron chi connectivity index (χ0n) is 9.85. The first-order valence-corrected chi connectivity index (χ1v) is 5.69. The van der Waals surface area contributed by atoms with Crippen LogP contribution in [-0.2, 0) is 4.74 Å². The lowest BCUT2D eigenvalue weighted by Crippen LogP contribution is -2.14. The number of nitrogens with one attached hydrogen (secondary N) is 1. The van der Waals surface area contributed by atoms with Crippen LogP contribution in [0, 0.1) is 0 Å². The van der Waals surface area contributed by atoms with Crippen LogP contribution >= 0.6 is 0 Å². The highest BCUT2D eigenvalue weighted by atomic mass is 16.5. The number of ether oxygens (including phenoxy) is 2. The molecule has 0 saturated carbocycles. The van der Waals surface area contributed by atoms with Gasteiger partial charge in [0.05, 0.1) is 13.2 Å². The quantitative estimate of drug-likeness (QED) is 0.769. The summed E-state index contributed by atoms with van der Waals surface area (Å²) in [6.45, 7) is 1.62. The Balaban J connectivity index is 1.83. The van der Waals surface area contributed by atoms with Gasteiger partial charge in [0, 0.05) is 13.2 Å². The smallest absolute Gasteiger partial charge is 0.322 e. The molecule has 1 saturated heterocycles. The molecule has 1 aliphatic rings. The van der Waals surface area contributed by atoms with Gasteiger partial charge in [0.25, 0.3) is 0 Å². The molecule has 0 radical (unpaired) electrons. The summed E-state index contributed by atoms with van der Waals surface area (Å²) >= 11 is 0. The maximum absolute atomic E-state index is 5.52. The number of aromatic nitrogens is 3. The Labute approximate surface area is 99.8 Å². The van der Waals surface area contributed by atoms with E-state index in [9.17, 15) is 0 Å². The van der Waals surface area contributed by atoms with E-state index < -0.39 is 0 Å². The summed E-state index contributed by atoms with van der Waals surface area (Å²) < 4.78 is 10.4. The number of methoxy groups -OCH3 is 1. The zero-order chi connectivity index (χ0) is 12.1. The minimum atomic E-state index is 0.150.